The molecule has 6 heteroatoms. The van der Waals surface area contributed by atoms with E-state index in [0.717, 1.165) is 59.5 Å². The molecule has 0 amide bonds. The van der Waals surface area contributed by atoms with E-state index in [1.165, 1.54) is 0 Å². The van der Waals surface area contributed by atoms with E-state index in [0.29, 0.717) is 0 Å². The molecule has 0 spiro atoms. The van der Waals surface area contributed by atoms with Gasteiger partial charge in [0.2, 0.25) is 0 Å². The van der Waals surface area contributed by atoms with Crippen LogP contribution in [0.5, 0.6) is 0 Å². The largest absolute Gasteiger partial charge is 0.353 e. The second-order valence-corrected chi connectivity index (χ2v) is 7.33. The van der Waals surface area contributed by atoms with E-state index >= 15 is 0 Å². The number of hydrogen-bond acceptors (Lipinski definition) is 6. The summed E-state index contributed by atoms with van der Waals surface area (Å²) in [5.41, 5.74) is 3.42. The molecule has 0 bridgehead atoms. The van der Waals surface area contributed by atoms with Crippen molar-refractivity contribution in [1.29, 1.82) is 0 Å². The van der Waals surface area contributed by atoms with Gasteiger partial charge in [0.25, 0.3) is 0 Å². The van der Waals surface area contributed by atoms with E-state index in [1.807, 2.05) is 36.4 Å². The third kappa shape index (κ3) is 4.91. The van der Waals surface area contributed by atoms with Crippen LogP contribution in [0, 0.1) is 0 Å². The second kappa shape index (κ2) is 9.08. The summed E-state index contributed by atoms with van der Waals surface area (Å²) in [5.74, 6) is 0.915. The molecule has 0 N–H and O–H groups in total. The maximum Gasteiger partial charge on any atom is 0.158 e. The highest BCUT2D eigenvalue weighted by molar-refractivity contribution is 7.99. The fourth-order valence-electron chi connectivity index (χ4n) is 2.86. The van der Waals surface area contributed by atoms with Crippen LogP contribution in [0.2, 0.25) is 0 Å². The van der Waals surface area contributed by atoms with Crippen LogP contribution in [-0.2, 0) is 9.47 Å². The zero-order valence-corrected chi connectivity index (χ0v) is 15.8. The van der Waals surface area contributed by atoms with Crippen LogP contribution in [0.4, 0.5) is 0 Å². The number of ether oxygens (including phenoxy) is 2. The van der Waals surface area contributed by atoms with Crippen LogP contribution in [0.25, 0.3) is 22.8 Å². The van der Waals surface area contributed by atoms with E-state index < -0.39 is 0 Å². The predicted octanol–water partition coefficient (Wildman–Crippen LogP) is 4.45. The van der Waals surface area contributed by atoms with Gasteiger partial charge in [0.1, 0.15) is 0 Å². The van der Waals surface area contributed by atoms with Crippen LogP contribution in [0.1, 0.15) is 12.8 Å². The molecule has 3 aromatic heterocycles. The van der Waals surface area contributed by atoms with Crippen LogP contribution < -0.4 is 0 Å². The second-order valence-electron chi connectivity index (χ2n) is 6.17. The molecule has 27 heavy (non-hydrogen) atoms. The molecule has 0 radical (unpaired) electrons. The van der Waals surface area contributed by atoms with Gasteiger partial charge >= 0.3 is 0 Å². The number of nitrogens with zero attached hydrogens (tertiary/aromatic N) is 3. The summed E-state index contributed by atoms with van der Waals surface area (Å²) in [4.78, 5) is 14.8. The van der Waals surface area contributed by atoms with E-state index in [-0.39, 0.29) is 6.29 Å². The lowest BCUT2D eigenvalue weighted by Crippen LogP contribution is -2.25. The van der Waals surface area contributed by atoms with Crippen molar-refractivity contribution in [2.24, 2.45) is 0 Å². The summed E-state index contributed by atoms with van der Waals surface area (Å²) in [6.07, 6.45) is 5.34. The molecule has 138 valence electrons. The summed E-state index contributed by atoms with van der Waals surface area (Å²) in [6, 6.07) is 15.9. The van der Waals surface area contributed by atoms with Gasteiger partial charge in [-0.15, -0.1) is 11.8 Å². The molecule has 4 heterocycles. The lowest BCUT2D eigenvalue weighted by atomic mass is 10.2. The molecule has 0 aromatic carbocycles. The fourth-order valence-corrected chi connectivity index (χ4v) is 3.79. The maximum absolute atomic E-state index is 5.63. The van der Waals surface area contributed by atoms with E-state index in [2.05, 4.69) is 22.1 Å². The van der Waals surface area contributed by atoms with Crippen molar-refractivity contribution >= 4 is 11.8 Å². The predicted molar refractivity (Wildman–Crippen MR) is 106 cm³/mol. The van der Waals surface area contributed by atoms with Gasteiger partial charge in [-0.2, -0.15) is 0 Å². The standard InChI is InChI=1S/C21H21N3O2S/c1-3-9-22-17(6-1)19-14-16(27-13-8-21-25-11-5-12-26-21)15-20(24-19)18-7-2-4-10-23-18/h1-4,6-7,9-10,14-15,21H,5,8,11-13H2. The van der Waals surface area contributed by atoms with E-state index in [9.17, 15) is 0 Å². The van der Waals surface area contributed by atoms with Crippen molar-refractivity contribution in [2.45, 2.75) is 24.0 Å². The molecule has 5 nitrogen and oxygen atoms in total. The Morgan fingerprint density at radius 3 is 2.04 bits per heavy atom. The Morgan fingerprint density at radius 1 is 0.852 bits per heavy atom. The van der Waals surface area contributed by atoms with Gasteiger partial charge in [-0.25, -0.2) is 4.98 Å². The van der Waals surface area contributed by atoms with Gasteiger partial charge < -0.3 is 9.47 Å². The highest BCUT2D eigenvalue weighted by atomic mass is 32.2. The van der Waals surface area contributed by atoms with Crippen molar-refractivity contribution in [3.05, 3.63) is 60.9 Å². The SMILES string of the molecule is c1ccc(-c2cc(SCCC3OCCCO3)cc(-c3ccccn3)n2)nc1. The molecule has 1 fully saturated rings. The first-order valence-electron chi connectivity index (χ1n) is 9.09. The summed E-state index contributed by atoms with van der Waals surface area (Å²) in [7, 11) is 0. The Kier molecular flexibility index (Phi) is 6.09. The van der Waals surface area contributed by atoms with Crippen molar-refractivity contribution in [3.63, 3.8) is 0 Å². The third-order valence-corrected chi connectivity index (χ3v) is 5.18. The summed E-state index contributed by atoms with van der Waals surface area (Å²) < 4.78 is 11.3. The van der Waals surface area contributed by atoms with Crippen LogP contribution >= 0.6 is 11.8 Å². The van der Waals surface area contributed by atoms with Crippen molar-refractivity contribution in [1.82, 2.24) is 15.0 Å². The molecule has 4 rings (SSSR count). The Labute approximate surface area is 163 Å². The van der Waals surface area contributed by atoms with Crippen molar-refractivity contribution < 1.29 is 9.47 Å². The first-order chi connectivity index (χ1) is 13.4. The zero-order chi connectivity index (χ0) is 18.3. The first-order valence-corrected chi connectivity index (χ1v) is 10.1. The number of thioether (sulfide) groups is 1. The molecule has 1 aliphatic heterocycles. The highest BCUT2D eigenvalue weighted by Gasteiger charge is 2.14. The van der Waals surface area contributed by atoms with Gasteiger partial charge in [-0.05, 0) is 42.8 Å². The smallest absolute Gasteiger partial charge is 0.158 e. The number of aromatic nitrogens is 3. The Bertz CT molecular complexity index is 798. The topological polar surface area (TPSA) is 57.1 Å². The summed E-state index contributed by atoms with van der Waals surface area (Å²) in [6.45, 7) is 1.58. The number of pyridine rings is 3. The molecule has 0 atom stereocenters. The number of rotatable bonds is 6. The molecule has 3 aromatic rings. The highest BCUT2D eigenvalue weighted by Crippen LogP contribution is 2.29. The Hall–Kier alpha value is -2.28. The first kappa shape index (κ1) is 18.1. The molecular formula is C21H21N3O2S. The van der Waals surface area contributed by atoms with Gasteiger partial charge in [-0.3, -0.25) is 9.97 Å². The van der Waals surface area contributed by atoms with Crippen LogP contribution in [0.3, 0.4) is 0 Å². The molecule has 1 aliphatic rings. The quantitative estimate of drug-likeness (QED) is 0.590. The Morgan fingerprint density at radius 2 is 1.48 bits per heavy atom. The molecular weight excluding hydrogens is 358 g/mol. The maximum atomic E-state index is 5.63. The minimum absolute atomic E-state index is 0.0846. The van der Waals surface area contributed by atoms with Crippen LogP contribution in [0.15, 0.2) is 65.8 Å². The lowest BCUT2D eigenvalue weighted by molar-refractivity contribution is -0.178. The summed E-state index contributed by atoms with van der Waals surface area (Å²) in [5, 5.41) is 0. The Balaban J connectivity index is 1.56. The fraction of sp³-hybridized carbons (Fsp3) is 0.286. The molecule has 0 unspecified atom stereocenters. The molecule has 1 saturated heterocycles. The van der Waals surface area contributed by atoms with Crippen molar-refractivity contribution in [2.75, 3.05) is 19.0 Å². The normalized spacial score (nSPS) is 15.0. The van der Waals surface area contributed by atoms with Crippen molar-refractivity contribution in [3.8, 4) is 22.8 Å². The average Bonchev–Trinajstić information content (AvgIpc) is 2.76. The zero-order valence-electron chi connectivity index (χ0n) is 15.0. The third-order valence-electron chi connectivity index (χ3n) is 4.17. The van der Waals surface area contributed by atoms with E-state index in [1.54, 1.807) is 24.2 Å². The summed E-state index contributed by atoms with van der Waals surface area (Å²) >= 11 is 1.78. The van der Waals surface area contributed by atoms with E-state index in [4.69, 9.17) is 14.5 Å². The monoisotopic (exact) mass is 379 g/mol. The minimum atomic E-state index is -0.0846. The number of hydrogen-bond donors (Lipinski definition) is 0. The van der Waals surface area contributed by atoms with Gasteiger partial charge in [0.05, 0.1) is 36.0 Å². The average molecular weight is 379 g/mol. The van der Waals surface area contributed by atoms with Gasteiger partial charge in [-0.1, -0.05) is 12.1 Å². The van der Waals surface area contributed by atoms with Gasteiger partial charge in [0.15, 0.2) is 6.29 Å². The minimum Gasteiger partial charge on any atom is -0.353 e. The lowest BCUT2D eigenvalue weighted by Gasteiger charge is -2.22. The van der Waals surface area contributed by atoms with Crippen LogP contribution in [-0.4, -0.2) is 40.2 Å². The molecule has 0 saturated carbocycles. The molecule has 0 aliphatic carbocycles. The van der Waals surface area contributed by atoms with Gasteiger partial charge in [0, 0.05) is 29.5 Å².